The first kappa shape index (κ1) is 17.6. The average molecular weight is 349 g/mol. The topological polar surface area (TPSA) is 21.6 Å². The van der Waals surface area contributed by atoms with Crippen LogP contribution >= 0.6 is 11.8 Å². The van der Waals surface area contributed by atoms with Gasteiger partial charge >= 0.3 is 0 Å². The van der Waals surface area contributed by atoms with E-state index < -0.39 is 0 Å². The number of benzene rings is 3. The van der Waals surface area contributed by atoms with Crippen molar-refractivity contribution in [3.8, 4) is 0 Å². The minimum absolute atomic E-state index is 0.646. The Morgan fingerprint density at radius 1 is 0.960 bits per heavy atom. The van der Waals surface area contributed by atoms with E-state index in [2.05, 4.69) is 85.1 Å². The first-order valence-electron chi connectivity index (χ1n) is 8.66. The third-order valence-electron chi connectivity index (χ3n) is 4.15. The molecule has 3 heteroatoms. The van der Waals surface area contributed by atoms with Crippen molar-refractivity contribution in [2.24, 2.45) is 5.16 Å². The van der Waals surface area contributed by atoms with E-state index in [1.807, 2.05) is 0 Å². The van der Waals surface area contributed by atoms with Crippen LogP contribution in [0.15, 0.2) is 76.8 Å². The molecule has 0 aromatic heterocycles. The molecular weight excluding hydrogens is 326 g/mol. The minimum atomic E-state index is 0.646. The number of unbranched alkanes of at least 4 members (excludes halogenated alkanes) is 1. The molecule has 0 aliphatic carbocycles. The van der Waals surface area contributed by atoms with E-state index in [1.165, 1.54) is 15.7 Å². The highest BCUT2D eigenvalue weighted by Gasteiger charge is 2.12. The molecule has 2 nitrogen and oxygen atoms in total. The molecule has 3 rings (SSSR count). The summed E-state index contributed by atoms with van der Waals surface area (Å²) in [5.74, 6) is 0. The molecule has 0 unspecified atom stereocenters. The van der Waals surface area contributed by atoms with Gasteiger partial charge in [0.15, 0.2) is 0 Å². The maximum Gasteiger partial charge on any atom is 0.117 e. The van der Waals surface area contributed by atoms with E-state index >= 15 is 0 Å². The number of hydrogen-bond acceptors (Lipinski definition) is 3. The Hall–Kier alpha value is -2.26. The SMILES string of the molecule is CCCCO/N=C(/c1ccc(SC)cc1)c1cccc2ccccc12. The van der Waals surface area contributed by atoms with Crippen LogP contribution < -0.4 is 0 Å². The average Bonchev–Trinajstić information content (AvgIpc) is 2.68. The normalized spacial score (nSPS) is 11.7. The molecule has 0 heterocycles. The van der Waals surface area contributed by atoms with Gasteiger partial charge in [-0.25, -0.2) is 0 Å². The quantitative estimate of drug-likeness (QED) is 0.221. The summed E-state index contributed by atoms with van der Waals surface area (Å²) < 4.78 is 0. The first-order valence-corrected chi connectivity index (χ1v) is 9.88. The van der Waals surface area contributed by atoms with Crippen molar-refractivity contribution in [1.29, 1.82) is 0 Å². The van der Waals surface area contributed by atoms with E-state index in [1.54, 1.807) is 11.8 Å². The second kappa shape index (κ2) is 8.72. The van der Waals surface area contributed by atoms with Gasteiger partial charge in [0, 0.05) is 16.0 Å². The van der Waals surface area contributed by atoms with Gasteiger partial charge in [0.25, 0.3) is 0 Å². The first-order chi connectivity index (χ1) is 12.3. The van der Waals surface area contributed by atoms with E-state index in [0.29, 0.717) is 6.61 Å². The fourth-order valence-corrected chi connectivity index (χ4v) is 3.17. The van der Waals surface area contributed by atoms with Crippen LogP contribution in [0, 0.1) is 0 Å². The standard InChI is InChI=1S/C22H23NOS/c1-3-4-16-24-23-22(18-12-14-19(25-2)15-13-18)21-11-7-9-17-8-5-6-10-20(17)21/h5-15H,3-4,16H2,1-2H3/b23-22-. The summed E-state index contributed by atoms with van der Waals surface area (Å²) >= 11 is 1.74. The summed E-state index contributed by atoms with van der Waals surface area (Å²) in [6.45, 7) is 2.80. The fourth-order valence-electron chi connectivity index (χ4n) is 2.76. The van der Waals surface area contributed by atoms with Crippen LogP contribution in [0.3, 0.4) is 0 Å². The zero-order valence-corrected chi connectivity index (χ0v) is 15.6. The molecule has 3 aromatic carbocycles. The smallest absolute Gasteiger partial charge is 0.117 e. The van der Waals surface area contributed by atoms with Gasteiger partial charge in [0.05, 0.1) is 0 Å². The minimum Gasteiger partial charge on any atom is -0.395 e. The zero-order chi connectivity index (χ0) is 17.5. The van der Waals surface area contributed by atoms with Gasteiger partial charge < -0.3 is 4.84 Å². The molecule has 0 aliphatic heterocycles. The Labute approximate surface area is 153 Å². The summed E-state index contributed by atoms with van der Waals surface area (Å²) in [6.07, 6.45) is 4.20. The molecule has 0 radical (unpaired) electrons. The number of nitrogens with zero attached hydrogens (tertiary/aromatic N) is 1. The van der Waals surface area contributed by atoms with Crippen LogP contribution in [0.25, 0.3) is 10.8 Å². The fraction of sp³-hybridized carbons (Fsp3) is 0.227. The van der Waals surface area contributed by atoms with Gasteiger partial charge in [0.2, 0.25) is 0 Å². The molecule has 25 heavy (non-hydrogen) atoms. The summed E-state index contributed by atoms with van der Waals surface area (Å²) in [5.41, 5.74) is 3.07. The Morgan fingerprint density at radius 2 is 1.72 bits per heavy atom. The van der Waals surface area contributed by atoms with Crippen molar-refractivity contribution in [2.45, 2.75) is 24.7 Å². The van der Waals surface area contributed by atoms with Crippen molar-refractivity contribution < 1.29 is 4.84 Å². The number of fused-ring (bicyclic) bond motifs is 1. The van der Waals surface area contributed by atoms with Crippen LogP contribution in [0.4, 0.5) is 0 Å². The third kappa shape index (κ3) is 4.23. The van der Waals surface area contributed by atoms with Gasteiger partial charge in [-0.15, -0.1) is 11.8 Å². The zero-order valence-electron chi connectivity index (χ0n) is 14.7. The van der Waals surface area contributed by atoms with E-state index in [4.69, 9.17) is 4.84 Å². The predicted octanol–water partition coefficient (Wildman–Crippen LogP) is 6.13. The lowest BCUT2D eigenvalue weighted by Gasteiger charge is -2.11. The molecule has 128 valence electrons. The molecule has 0 bridgehead atoms. The molecular formula is C22H23NOS. The van der Waals surface area contributed by atoms with Crippen LogP contribution in [0.5, 0.6) is 0 Å². The maximum atomic E-state index is 5.63. The Balaban J connectivity index is 2.06. The second-order valence-electron chi connectivity index (χ2n) is 5.88. The highest BCUT2D eigenvalue weighted by atomic mass is 32.2. The van der Waals surface area contributed by atoms with Gasteiger partial charge in [-0.05, 0) is 35.6 Å². The third-order valence-corrected chi connectivity index (χ3v) is 4.90. The summed E-state index contributed by atoms with van der Waals surface area (Å²) in [7, 11) is 0. The number of thioether (sulfide) groups is 1. The molecule has 0 saturated carbocycles. The van der Waals surface area contributed by atoms with Crippen LogP contribution in [0.2, 0.25) is 0 Å². The van der Waals surface area contributed by atoms with E-state index in [9.17, 15) is 0 Å². The molecule has 0 atom stereocenters. The van der Waals surface area contributed by atoms with Crippen LogP contribution in [-0.2, 0) is 4.84 Å². The van der Waals surface area contributed by atoms with Crippen molar-refractivity contribution >= 4 is 28.2 Å². The molecule has 0 aliphatic rings. The van der Waals surface area contributed by atoms with Gasteiger partial charge in [-0.1, -0.05) is 73.1 Å². The van der Waals surface area contributed by atoms with Gasteiger partial charge in [-0.2, -0.15) is 0 Å². The summed E-state index contributed by atoms with van der Waals surface area (Å²) in [6, 6.07) is 23.2. The van der Waals surface area contributed by atoms with Crippen molar-refractivity contribution in [3.05, 3.63) is 77.9 Å². The number of rotatable bonds is 7. The van der Waals surface area contributed by atoms with Crippen molar-refractivity contribution in [1.82, 2.24) is 0 Å². The van der Waals surface area contributed by atoms with Gasteiger partial charge in [-0.3, -0.25) is 0 Å². The van der Waals surface area contributed by atoms with Crippen LogP contribution in [0.1, 0.15) is 30.9 Å². The number of hydrogen-bond donors (Lipinski definition) is 0. The van der Waals surface area contributed by atoms with E-state index in [-0.39, 0.29) is 0 Å². The molecule has 0 saturated heterocycles. The van der Waals surface area contributed by atoms with Crippen LogP contribution in [-0.4, -0.2) is 18.6 Å². The van der Waals surface area contributed by atoms with E-state index in [0.717, 1.165) is 29.7 Å². The molecule has 0 amide bonds. The Kier molecular flexibility index (Phi) is 6.13. The second-order valence-corrected chi connectivity index (χ2v) is 6.76. The van der Waals surface area contributed by atoms with Crippen molar-refractivity contribution in [2.75, 3.05) is 12.9 Å². The van der Waals surface area contributed by atoms with Crippen molar-refractivity contribution in [3.63, 3.8) is 0 Å². The molecule has 3 aromatic rings. The summed E-state index contributed by atoms with van der Waals surface area (Å²) in [5, 5.41) is 6.92. The molecule has 0 spiro atoms. The molecule has 0 N–H and O–H groups in total. The summed E-state index contributed by atoms with van der Waals surface area (Å²) in [4.78, 5) is 6.88. The maximum absolute atomic E-state index is 5.63. The predicted molar refractivity (Wildman–Crippen MR) is 109 cm³/mol. The highest BCUT2D eigenvalue weighted by molar-refractivity contribution is 7.98. The van der Waals surface area contributed by atoms with Gasteiger partial charge in [0.1, 0.15) is 12.3 Å². The number of oxime groups is 1. The lowest BCUT2D eigenvalue weighted by Crippen LogP contribution is -2.06. The monoisotopic (exact) mass is 349 g/mol. The lowest BCUT2D eigenvalue weighted by molar-refractivity contribution is 0.141. The lowest BCUT2D eigenvalue weighted by atomic mass is 9.97. The highest BCUT2D eigenvalue weighted by Crippen LogP contribution is 2.23. The molecule has 0 fully saturated rings. The largest absolute Gasteiger partial charge is 0.395 e. The Morgan fingerprint density at radius 3 is 2.48 bits per heavy atom. The Bertz CT molecular complexity index is 850.